The Kier molecular flexibility index (Phi) is 7.55. The van der Waals surface area contributed by atoms with E-state index in [1.54, 1.807) is 24.4 Å². The molecule has 2 unspecified atom stereocenters. The van der Waals surface area contributed by atoms with Crippen molar-refractivity contribution in [2.24, 2.45) is 22.7 Å². The smallest absolute Gasteiger partial charge is 0.243 e. The molecule has 5 nitrogen and oxygen atoms in total. The van der Waals surface area contributed by atoms with Gasteiger partial charge in [0.05, 0.1) is 12.6 Å². The lowest BCUT2D eigenvalue weighted by molar-refractivity contribution is -0.116. The molecule has 3 rings (SSSR count). The van der Waals surface area contributed by atoms with Crippen LogP contribution in [0.5, 0.6) is 0 Å². The number of aliphatic hydroxyl groups is 1. The second kappa shape index (κ2) is 10.3. The van der Waals surface area contributed by atoms with Crippen LogP contribution in [0.3, 0.4) is 0 Å². The molecule has 2 N–H and O–H groups in total. The van der Waals surface area contributed by atoms with Crippen LogP contribution in [0.2, 0.25) is 0 Å². The molecule has 1 saturated heterocycles. The van der Waals surface area contributed by atoms with Gasteiger partial charge < -0.3 is 10.4 Å². The first-order valence-electron chi connectivity index (χ1n) is 10.3. The van der Waals surface area contributed by atoms with E-state index in [-0.39, 0.29) is 18.6 Å². The Balaban J connectivity index is 1.37. The van der Waals surface area contributed by atoms with Gasteiger partial charge in [-0.3, -0.25) is 14.7 Å². The van der Waals surface area contributed by atoms with Gasteiger partial charge in [-0.15, -0.1) is 0 Å². The monoisotopic (exact) mass is 393 g/mol. The summed E-state index contributed by atoms with van der Waals surface area (Å²) in [7, 11) is 0. The number of fused-ring (bicyclic) bond motifs is 1. The number of allylic oxidation sites excluding steroid dienone is 4. The molecular weight excluding hydrogens is 362 g/mol. The number of likely N-dealkylation sites (tertiary alicyclic amines) is 1. The first-order valence-corrected chi connectivity index (χ1v) is 10.3. The molecule has 1 aliphatic carbocycles. The molecule has 2 fully saturated rings. The number of nitrogens with zero attached hydrogens (tertiary/aromatic N) is 2. The molecule has 2 aliphatic rings. The zero-order chi connectivity index (χ0) is 20.6. The summed E-state index contributed by atoms with van der Waals surface area (Å²) in [4.78, 5) is 18.0. The molecule has 1 saturated carbocycles. The number of aliphatic hydroxyl groups excluding tert-OH is 1. The molecular formula is C24H31N3O2. The highest BCUT2D eigenvalue weighted by Gasteiger charge is 2.55. The molecule has 1 heterocycles. The second-order valence-corrected chi connectivity index (χ2v) is 7.90. The van der Waals surface area contributed by atoms with Crippen molar-refractivity contribution in [3.05, 3.63) is 72.0 Å². The fraction of sp³-hybridized carbons (Fsp3) is 0.417. The molecule has 29 heavy (non-hydrogen) atoms. The Labute approximate surface area is 173 Å². The van der Waals surface area contributed by atoms with Gasteiger partial charge in [-0.25, -0.2) is 0 Å². The Morgan fingerprint density at radius 1 is 1.31 bits per heavy atom. The predicted octanol–water partition coefficient (Wildman–Crippen LogP) is 3.12. The average Bonchev–Trinajstić information content (AvgIpc) is 3.17. The van der Waals surface area contributed by atoms with Crippen LogP contribution in [0, 0.1) is 17.8 Å². The van der Waals surface area contributed by atoms with Crippen LogP contribution in [0.1, 0.15) is 24.9 Å². The molecule has 0 spiro atoms. The highest BCUT2D eigenvalue weighted by Crippen LogP contribution is 2.54. The third-order valence-corrected chi connectivity index (χ3v) is 6.02. The van der Waals surface area contributed by atoms with Crippen LogP contribution in [-0.4, -0.2) is 48.9 Å². The summed E-state index contributed by atoms with van der Waals surface area (Å²) < 4.78 is 0. The van der Waals surface area contributed by atoms with Gasteiger partial charge in [0.25, 0.3) is 0 Å². The van der Waals surface area contributed by atoms with Gasteiger partial charge in [-0.1, -0.05) is 48.1 Å². The zero-order valence-electron chi connectivity index (χ0n) is 17.1. The van der Waals surface area contributed by atoms with Gasteiger partial charge >= 0.3 is 0 Å². The van der Waals surface area contributed by atoms with Gasteiger partial charge in [0, 0.05) is 31.9 Å². The van der Waals surface area contributed by atoms with Crippen molar-refractivity contribution < 1.29 is 9.90 Å². The topological polar surface area (TPSA) is 64.9 Å². The van der Waals surface area contributed by atoms with E-state index in [2.05, 4.69) is 34.1 Å². The van der Waals surface area contributed by atoms with Crippen molar-refractivity contribution in [2.75, 3.05) is 26.2 Å². The van der Waals surface area contributed by atoms with Crippen LogP contribution in [0.4, 0.5) is 0 Å². The van der Waals surface area contributed by atoms with Crippen molar-refractivity contribution in [1.82, 2.24) is 10.2 Å². The third kappa shape index (κ3) is 5.75. The van der Waals surface area contributed by atoms with E-state index in [4.69, 9.17) is 0 Å². The van der Waals surface area contributed by atoms with Gasteiger partial charge in [-0.2, -0.15) is 0 Å². The SMILES string of the molecule is C=N\C=C/C=C(C)/C=C/C(=O)NCCC1[C@H]2CN(C(CO)c3ccccc3)C[C@@H]12. The fourth-order valence-corrected chi connectivity index (χ4v) is 4.41. The van der Waals surface area contributed by atoms with Gasteiger partial charge in [-0.05, 0) is 49.5 Å². The largest absolute Gasteiger partial charge is 0.394 e. The fourth-order valence-electron chi connectivity index (χ4n) is 4.41. The number of carbonyl (C=O) groups excluding carboxylic acids is 1. The molecule has 4 atom stereocenters. The zero-order valence-corrected chi connectivity index (χ0v) is 17.1. The first kappa shape index (κ1) is 21.2. The summed E-state index contributed by atoms with van der Waals surface area (Å²) in [6.07, 6.45) is 9.67. The van der Waals surface area contributed by atoms with Crippen LogP contribution < -0.4 is 5.32 Å². The number of hydrogen-bond donors (Lipinski definition) is 2. The lowest BCUT2D eigenvalue weighted by Crippen LogP contribution is -2.32. The van der Waals surface area contributed by atoms with Gasteiger partial charge in [0.1, 0.15) is 0 Å². The number of hydrogen-bond acceptors (Lipinski definition) is 4. The summed E-state index contributed by atoms with van der Waals surface area (Å²) in [6, 6.07) is 10.4. The summed E-state index contributed by atoms with van der Waals surface area (Å²) >= 11 is 0. The lowest BCUT2D eigenvalue weighted by atomic mass is 10.1. The summed E-state index contributed by atoms with van der Waals surface area (Å²) in [5.74, 6) is 2.05. The van der Waals surface area contributed by atoms with Crippen LogP contribution >= 0.6 is 0 Å². The minimum absolute atomic E-state index is 0.0552. The summed E-state index contributed by atoms with van der Waals surface area (Å²) in [5, 5.41) is 12.8. The van der Waals surface area contributed by atoms with Crippen molar-refractivity contribution in [3.63, 3.8) is 0 Å². The van der Waals surface area contributed by atoms with E-state index in [1.807, 2.05) is 31.2 Å². The molecule has 5 heteroatoms. The molecule has 0 radical (unpaired) electrons. The molecule has 1 aliphatic heterocycles. The molecule has 154 valence electrons. The predicted molar refractivity (Wildman–Crippen MR) is 118 cm³/mol. The molecule has 0 aromatic heterocycles. The van der Waals surface area contributed by atoms with Crippen LogP contribution in [0.25, 0.3) is 0 Å². The van der Waals surface area contributed by atoms with Crippen LogP contribution in [0.15, 0.2) is 71.4 Å². The first-order chi connectivity index (χ1) is 14.1. The highest BCUT2D eigenvalue weighted by atomic mass is 16.3. The van der Waals surface area contributed by atoms with E-state index in [9.17, 15) is 9.90 Å². The third-order valence-electron chi connectivity index (χ3n) is 6.02. The van der Waals surface area contributed by atoms with Crippen molar-refractivity contribution >= 4 is 12.6 Å². The standard InChI is InChI=1S/C24H31N3O2/c1-18(7-6-13-25-2)10-11-24(29)26-14-12-20-21-15-27(16-22(20)21)23(17-28)19-8-4-3-5-9-19/h3-11,13,20-23,28H,2,12,14-17H2,1H3,(H,26,29)/b11-10+,13-6-,18-7+/t20?,21-,22+,23?. The Bertz CT molecular complexity index is 773. The van der Waals surface area contributed by atoms with E-state index in [1.165, 1.54) is 5.56 Å². The minimum Gasteiger partial charge on any atom is -0.394 e. The van der Waals surface area contributed by atoms with Crippen molar-refractivity contribution in [2.45, 2.75) is 19.4 Å². The molecule has 1 aromatic carbocycles. The Morgan fingerprint density at radius 3 is 2.69 bits per heavy atom. The summed E-state index contributed by atoms with van der Waals surface area (Å²) in [5.41, 5.74) is 2.17. The number of rotatable bonds is 10. The number of aliphatic imine (C=N–C) groups is 1. The average molecular weight is 394 g/mol. The number of piperidine rings is 1. The lowest BCUT2D eigenvalue weighted by Gasteiger charge is -2.28. The Morgan fingerprint density at radius 2 is 2.03 bits per heavy atom. The maximum atomic E-state index is 12.0. The van der Waals surface area contributed by atoms with Crippen LogP contribution in [-0.2, 0) is 4.79 Å². The van der Waals surface area contributed by atoms with E-state index >= 15 is 0 Å². The van der Waals surface area contributed by atoms with E-state index in [0.29, 0.717) is 24.3 Å². The molecule has 1 aromatic rings. The minimum atomic E-state index is -0.0552. The second-order valence-electron chi connectivity index (χ2n) is 7.90. The van der Waals surface area contributed by atoms with Crippen molar-refractivity contribution in [1.29, 1.82) is 0 Å². The maximum absolute atomic E-state index is 12.0. The number of carbonyl (C=O) groups is 1. The number of amides is 1. The maximum Gasteiger partial charge on any atom is 0.243 e. The summed E-state index contributed by atoms with van der Waals surface area (Å²) in [6.45, 7) is 8.26. The number of benzene rings is 1. The number of nitrogens with one attached hydrogen (secondary N) is 1. The Hall–Kier alpha value is -2.50. The van der Waals surface area contributed by atoms with E-state index in [0.717, 1.165) is 25.1 Å². The van der Waals surface area contributed by atoms with Gasteiger partial charge in [0.2, 0.25) is 5.91 Å². The highest BCUT2D eigenvalue weighted by molar-refractivity contribution is 5.87. The normalized spacial score (nSPS) is 25.3. The van der Waals surface area contributed by atoms with E-state index < -0.39 is 0 Å². The van der Waals surface area contributed by atoms with Gasteiger partial charge in [0.15, 0.2) is 0 Å². The van der Waals surface area contributed by atoms with Crippen molar-refractivity contribution in [3.8, 4) is 0 Å². The quantitative estimate of drug-likeness (QED) is 0.365. The molecule has 1 amide bonds. The molecule has 0 bridgehead atoms.